The minimum Gasteiger partial charge on any atom is -0.492 e. The van der Waals surface area contributed by atoms with Crippen molar-refractivity contribution in [2.75, 3.05) is 20.3 Å². The van der Waals surface area contributed by atoms with Crippen molar-refractivity contribution in [1.29, 1.82) is 0 Å². The van der Waals surface area contributed by atoms with Crippen LogP contribution in [0.3, 0.4) is 0 Å². The van der Waals surface area contributed by atoms with Gasteiger partial charge in [-0.1, -0.05) is 0 Å². The average Bonchev–Trinajstić information content (AvgIpc) is 2.41. The van der Waals surface area contributed by atoms with Gasteiger partial charge in [0.15, 0.2) is 17.8 Å². The van der Waals surface area contributed by atoms with Gasteiger partial charge in [0.25, 0.3) is 5.69 Å². The van der Waals surface area contributed by atoms with Crippen molar-refractivity contribution in [3.05, 3.63) is 27.8 Å². The van der Waals surface area contributed by atoms with Crippen LogP contribution in [0.5, 0.6) is 11.5 Å². The number of hydrogen-bond acceptors (Lipinski definition) is 7. The maximum Gasteiger partial charge on any atom is 0.302 e. The van der Waals surface area contributed by atoms with Gasteiger partial charge in [-0.05, 0) is 6.07 Å². The molecule has 1 rings (SSSR count). The van der Waals surface area contributed by atoms with E-state index in [-0.39, 0.29) is 36.0 Å². The van der Waals surface area contributed by atoms with E-state index in [0.29, 0.717) is 6.29 Å². The number of aldehydes is 1. The number of carbonyl (C=O) groups is 2. The summed E-state index contributed by atoms with van der Waals surface area (Å²) in [7, 11) is 1.27. The third-order valence-corrected chi connectivity index (χ3v) is 2.30. The Kier molecular flexibility index (Phi) is 5.45. The van der Waals surface area contributed by atoms with E-state index in [1.165, 1.54) is 20.1 Å². The highest BCUT2D eigenvalue weighted by molar-refractivity contribution is 5.87. The average molecular weight is 283 g/mol. The van der Waals surface area contributed by atoms with Crippen LogP contribution in [0.1, 0.15) is 17.3 Å². The van der Waals surface area contributed by atoms with Gasteiger partial charge in [-0.25, -0.2) is 0 Å². The molecule has 0 heterocycles. The standard InChI is InChI=1S/C12H13NO7/c1-8(15)19-5-6-20-11-4-3-10(13(16)17)9(7-14)12(11)18-2/h3-4,7H,5-6H2,1-2H3. The number of hydrogen-bond donors (Lipinski definition) is 0. The second-order valence-corrected chi connectivity index (χ2v) is 3.59. The molecule has 1 aromatic rings. The molecule has 0 atom stereocenters. The molecule has 0 N–H and O–H groups in total. The zero-order valence-electron chi connectivity index (χ0n) is 11.0. The molecule has 20 heavy (non-hydrogen) atoms. The summed E-state index contributed by atoms with van der Waals surface area (Å²) in [5, 5.41) is 10.8. The van der Waals surface area contributed by atoms with Crippen molar-refractivity contribution in [1.82, 2.24) is 0 Å². The molecule has 108 valence electrons. The first kappa shape index (κ1) is 15.4. The molecule has 0 spiro atoms. The molecule has 0 aromatic heterocycles. The number of carbonyl (C=O) groups excluding carboxylic acids is 2. The maximum atomic E-state index is 11.0. The number of nitrogens with zero attached hydrogens (tertiary/aromatic N) is 1. The minimum absolute atomic E-state index is 0.0197. The van der Waals surface area contributed by atoms with Crippen LogP contribution in [-0.2, 0) is 9.53 Å². The van der Waals surface area contributed by atoms with Crippen LogP contribution >= 0.6 is 0 Å². The zero-order chi connectivity index (χ0) is 15.1. The van der Waals surface area contributed by atoms with Crippen molar-refractivity contribution >= 4 is 17.9 Å². The number of methoxy groups -OCH3 is 1. The Morgan fingerprint density at radius 3 is 2.60 bits per heavy atom. The van der Waals surface area contributed by atoms with Crippen molar-refractivity contribution < 1.29 is 28.7 Å². The SMILES string of the molecule is COc1c(OCCOC(C)=O)ccc([N+](=O)[O-])c1C=O. The Morgan fingerprint density at radius 1 is 1.40 bits per heavy atom. The van der Waals surface area contributed by atoms with Gasteiger partial charge in [-0.2, -0.15) is 0 Å². The third kappa shape index (κ3) is 3.67. The van der Waals surface area contributed by atoms with E-state index < -0.39 is 10.9 Å². The fourth-order valence-corrected chi connectivity index (χ4v) is 1.50. The van der Waals surface area contributed by atoms with Gasteiger partial charge in [0.1, 0.15) is 18.8 Å². The van der Waals surface area contributed by atoms with E-state index in [0.717, 1.165) is 6.07 Å². The van der Waals surface area contributed by atoms with Crippen LogP contribution in [0.25, 0.3) is 0 Å². The molecule has 0 radical (unpaired) electrons. The van der Waals surface area contributed by atoms with Gasteiger partial charge in [-0.15, -0.1) is 0 Å². The molecule has 8 nitrogen and oxygen atoms in total. The Morgan fingerprint density at radius 2 is 2.10 bits per heavy atom. The van der Waals surface area contributed by atoms with Crippen molar-refractivity contribution in [3.8, 4) is 11.5 Å². The smallest absolute Gasteiger partial charge is 0.302 e. The van der Waals surface area contributed by atoms with E-state index in [4.69, 9.17) is 9.47 Å². The van der Waals surface area contributed by atoms with E-state index in [1.54, 1.807) is 0 Å². The molecule has 0 amide bonds. The van der Waals surface area contributed by atoms with Gasteiger partial charge in [0, 0.05) is 13.0 Å². The van der Waals surface area contributed by atoms with Crippen LogP contribution in [0.15, 0.2) is 12.1 Å². The first-order chi connectivity index (χ1) is 9.51. The second kappa shape index (κ2) is 7.07. The molecular formula is C12H13NO7. The van der Waals surface area contributed by atoms with Crippen LogP contribution < -0.4 is 9.47 Å². The normalized spacial score (nSPS) is 9.70. The topological polar surface area (TPSA) is 105 Å². The zero-order valence-corrected chi connectivity index (χ0v) is 11.0. The molecule has 0 saturated carbocycles. The van der Waals surface area contributed by atoms with Crippen molar-refractivity contribution in [3.63, 3.8) is 0 Å². The Hall–Kier alpha value is -2.64. The van der Waals surface area contributed by atoms with Crippen LogP contribution in [-0.4, -0.2) is 37.5 Å². The minimum atomic E-state index is -0.686. The lowest BCUT2D eigenvalue weighted by molar-refractivity contribution is -0.385. The summed E-state index contributed by atoms with van der Waals surface area (Å²) < 4.78 is 14.9. The Labute approximate surface area is 114 Å². The molecule has 0 unspecified atom stereocenters. The fraction of sp³-hybridized carbons (Fsp3) is 0.333. The molecule has 8 heteroatoms. The lowest BCUT2D eigenvalue weighted by Gasteiger charge is -2.12. The van der Waals surface area contributed by atoms with Gasteiger partial charge in [0.2, 0.25) is 0 Å². The van der Waals surface area contributed by atoms with E-state index in [9.17, 15) is 19.7 Å². The molecule has 0 aliphatic heterocycles. The summed E-state index contributed by atoms with van der Waals surface area (Å²) in [4.78, 5) is 31.7. The molecule has 1 aromatic carbocycles. The second-order valence-electron chi connectivity index (χ2n) is 3.59. The van der Waals surface area contributed by atoms with Gasteiger partial charge in [-0.3, -0.25) is 19.7 Å². The third-order valence-electron chi connectivity index (χ3n) is 2.30. The summed E-state index contributed by atoms with van der Waals surface area (Å²) in [6.07, 6.45) is 0.329. The van der Waals surface area contributed by atoms with Crippen molar-refractivity contribution in [2.24, 2.45) is 0 Å². The number of benzene rings is 1. The first-order valence-electron chi connectivity index (χ1n) is 5.58. The molecule has 0 saturated heterocycles. The predicted octanol–water partition coefficient (Wildman–Crippen LogP) is 1.36. The van der Waals surface area contributed by atoms with E-state index in [2.05, 4.69) is 4.74 Å². The summed E-state index contributed by atoms with van der Waals surface area (Å²) in [6.45, 7) is 1.31. The van der Waals surface area contributed by atoms with E-state index in [1.807, 2.05) is 0 Å². The van der Waals surface area contributed by atoms with Crippen LogP contribution in [0.2, 0.25) is 0 Å². The summed E-state index contributed by atoms with van der Waals surface area (Å²) in [6, 6.07) is 2.46. The van der Waals surface area contributed by atoms with Gasteiger partial charge < -0.3 is 14.2 Å². The number of ether oxygens (including phenoxy) is 3. The largest absolute Gasteiger partial charge is 0.492 e. The lowest BCUT2D eigenvalue weighted by Crippen LogP contribution is -2.10. The van der Waals surface area contributed by atoms with E-state index >= 15 is 0 Å². The molecule has 0 aliphatic carbocycles. The maximum absolute atomic E-state index is 11.0. The highest BCUT2D eigenvalue weighted by atomic mass is 16.6. The van der Waals surface area contributed by atoms with Gasteiger partial charge >= 0.3 is 5.97 Å². The first-order valence-corrected chi connectivity index (χ1v) is 5.58. The predicted molar refractivity (Wildman–Crippen MR) is 67.2 cm³/mol. The summed E-state index contributed by atoms with van der Waals surface area (Å²) >= 11 is 0. The summed E-state index contributed by atoms with van der Waals surface area (Å²) in [5.41, 5.74) is -0.577. The molecular weight excluding hydrogens is 270 g/mol. The van der Waals surface area contributed by atoms with Crippen molar-refractivity contribution in [2.45, 2.75) is 6.92 Å². The number of rotatable bonds is 7. The number of esters is 1. The molecule has 0 bridgehead atoms. The summed E-state index contributed by atoms with van der Waals surface area (Å²) in [5.74, 6) is -0.317. The Balaban J connectivity index is 2.94. The number of nitro groups is 1. The lowest BCUT2D eigenvalue weighted by atomic mass is 10.1. The number of nitro benzene ring substituents is 1. The van der Waals surface area contributed by atoms with Crippen LogP contribution in [0.4, 0.5) is 5.69 Å². The highest BCUT2D eigenvalue weighted by Crippen LogP contribution is 2.35. The monoisotopic (exact) mass is 283 g/mol. The highest BCUT2D eigenvalue weighted by Gasteiger charge is 2.22. The Bertz CT molecular complexity index is 527. The van der Waals surface area contributed by atoms with Gasteiger partial charge in [0.05, 0.1) is 12.0 Å². The molecule has 0 aliphatic rings. The fourth-order valence-electron chi connectivity index (χ4n) is 1.50. The molecule has 0 fully saturated rings. The van der Waals surface area contributed by atoms with Crippen LogP contribution in [0, 0.1) is 10.1 Å². The quantitative estimate of drug-likeness (QED) is 0.244.